The molecule has 2 heterocycles. The molecule has 14 nitrogen and oxygen atoms in total. The topological polar surface area (TPSA) is 185 Å². The van der Waals surface area contributed by atoms with E-state index in [4.69, 9.17) is 0 Å². The molecule has 6 rings (SSSR count). The normalized spacial score (nSPS) is 15.5. The van der Waals surface area contributed by atoms with Crippen molar-refractivity contribution >= 4 is 56.5 Å². The molecule has 0 saturated heterocycles. The summed E-state index contributed by atoms with van der Waals surface area (Å²) >= 11 is 0. The minimum atomic E-state index is -0.600. The van der Waals surface area contributed by atoms with Crippen LogP contribution >= 0.6 is 0 Å². The number of non-ortho nitro benzene ring substituents is 2. The molecule has 2 N–H and O–H groups in total. The quantitative estimate of drug-likeness (QED) is 0.108. The van der Waals surface area contributed by atoms with Gasteiger partial charge in [0.1, 0.15) is 0 Å². The monoisotopic (exact) mass is 624 g/mol. The zero-order valence-electron chi connectivity index (χ0n) is 24.8. The van der Waals surface area contributed by atoms with Crippen LogP contribution in [0.3, 0.4) is 0 Å². The van der Waals surface area contributed by atoms with Gasteiger partial charge in [0.15, 0.2) is 0 Å². The first-order chi connectivity index (χ1) is 22.0. The van der Waals surface area contributed by atoms with Gasteiger partial charge in [0.05, 0.1) is 21.0 Å². The lowest BCUT2D eigenvalue weighted by atomic mass is 9.92. The molecule has 234 valence electrons. The molecule has 4 aromatic carbocycles. The van der Waals surface area contributed by atoms with Crippen LogP contribution in [-0.2, 0) is 0 Å². The van der Waals surface area contributed by atoms with Gasteiger partial charge in [-0.2, -0.15) is 0 Å². The van der Waals surface area contributed by atoms with E-state index in [-0.39, 0.29) is 35.6 Å². The van der Waals surface area contributed by atoms with E-state index in [2.05, 4.69) is 10.6 Å². The predicted octanol–water partition coefficient (Wildman–Crippen LogP) is 3.66. The number of hydrogen-bond acceptors (Lipinski definition) is 10. The van der Waals surface area contributed by atoms with Gasteiger partial charge < -0.3 is 10.6 Å². The van der Waals surface area contributed by atoms with Crippen molar-refractivity contribution in [2.45, 2.75) is 25.9 Å². The Hall–Kier alpha value is -5.60. The number of nitro groups is 2. The van der Waals surface area contributed by atoms with Crippen LogP contribution in [0.25, 0.3) is 21.5 Å². The lowest BCUT2D eigenvalue weighted by Gasteiger charge is -2.32. The molecule has 2 aliphatic heterocycles. The number of rotatable bonds is 11. The van der Waals surface area contributed by atoms with Crippen molar-refractivity contribution in [2.75, 3.05) is 26.2 Å². The first kappa shape index (κ1) is 30.4. The zero-order chi connectivity index (χ0) is 32.9. The molecule has 0 fully saturated rings. The van der Waals surface area contributed by atoms with E-state index < -0.39 is 45.6 Å². The van der Waals surface area contributed by atoms with Gasteiger partial charge in [-0.05, 0) is 36.8 Å². The van der Waals surface area contributed by atoms with Crippen molar-refractivity contribution in [2.24, 2.45) is 0 Å². The first-order valence-electron chi connectivity index (χ1n) is 14.6. The number of nitrogens with one attached hydrogen (secondary N) is 2. The van der Waals surface area contributed by atoms with Crippen LogP contribution in [0.1, 0.15) is 55.3 Å². The summed E-state index contributed by atoms with van der Waals surface area (Å²) in [7, 11) is 0. The summed E-state index contributed by atoms with van der Waals surface area (Å²) in [6, 6.07) is 13.7. The average molecular weight is 625 g/mol. The van der Waals surface area contributed by atoms with Gasteiger partial charge in [0.25, 0.3) is 35.0 Å². The third-order valence-corrected chi connectivity index (χ3v) is 8.38. The number of imide groups is 2. The minimum Gasteiger partial charge on any atom is -0.313 e. The lowest BCUT2D eigenvalue weighted by molar-refractivity contribution is -0.384. The Kier molecular flexibility index (Phi) is 7.75. The van der Waals surface area contributed by atoms with Crippen LogP contribution in [0.5, 0.6) is 0 Å². The van der Waals surface area contributed by atoms with Gasteiger partial charge in [-0.3, -0.25) is 49.2 Å². The van der Waals surface area contributed by atoms with E-state index in [1.807, 2.05) is 0 Å². The summed E-state index contributed by atoms with van der Waals surface area (Å²) in [6.07, 6.45) is 0. The van der Waals surface area contributed by atoms with E-state index >= 15 is 0 Å². The van der Waals surface area contributed by atoms with Crippen LogP contribution in [0.2, 0.25) is 0 Å². The Morgan fingerprint density at radius 1 is 0.609 bits per heavy atom. The van der Waals surface area contributed by atoms with Gasteiger partial charge in [0, 0.05) is 84.4 Å². The molecule has 0 radical (unpaired) electrons. The number of benzene rings is 4. The van der Waals surface area contributed by atoms with Gasteiger partial charge in [0.2, 0.25) is 0 Å². The molecule has 2 aliphatic rings. The average Bonchev–Trinajstić information content (AvgIpc) is 3.03. The second-order valence-electron chi connectivity index (χ2n) is 11.4. The van der Waals surface area contributed by atoms with E-state index in [9.17, 15) is 39.4 Å². The molecular weight excluding hydrogens is 596 g/mol. The number of hydrogen-bond donors (Lipinski definition) is 2. The third kappa shape index (κ3) is 5.02. The SMILES string of the molecule is C[C@H](CNCCNC[C@H](C)N1C(=O)c2cccc3cc([N+](=O)[O-])cc(c23)C1=O)N1C(=O)c2cccc3cc([N+](=O)[O-])cc(c23)C1=O. The fourth-order valence-corrected chi connectivity index (χ4v) is 6.21. The highest BCUT2D eigenvalue weighted by molar-refractivity contribution is 6.27. The van der Waals surface area contributed by atoms with Crippen LogP contribution in [0.15, 0.2) is 60.7 Å². The predicted molar refractivity (Wildman–Crippen MR) is 167 cm³/mol. The summed E-state index contributed by atoms with van der Waals surface area (Å²) in [4.78, 5) is 77.4. The molecule has 0 aromatic heterocycles. The lowest BCUT2D eigenvalue weighted by Crippen LogP contribution is -2.51. The number of carbonyl (C=O) groups is 4. The first-order valence-corrected chi connectivity index (χ1v) is 14.6. The molecule has 0 bridgehead atoms. The van der Waals surface area contributed by atoms with Crippen molar-refractivity contribution in [3.05, 3.63) is 103 Å². The highest BCUT2D eigenvalue weighted by Gasteiger charge is 2.38. The maximum absolute atomic E-state index is 13.4. The van der Waals surface area contributed by atoms with Crippen molar-refractivity contribution in [1.82, 2.24) is 20.4 Å². The van der Waals surface area contributed by atoms with Gasteiger partial charge in [-0.15, -0.1) is 0 Å². The van der Waals surface area contributed by atoms with Crippen molar-refractivity contribution in [3.8, 4) is 0 Å². The summed E-state index contributed by atoms with van der Waals surface area (Å²) < 4.78 is 0. The fourth-order valence-electron chi connectivity index (χ4n) is 6.21. The number of nitro benzene ring substituents is 2. The second kappa shape index (κ2) is 11.7. The van der Waals surface area contributed by atoms with Crippen LogP contribution in [0.4, 0.5) is 11.4 Å². The molecule has 0 unspecified atom stereocenters. The van der Waals surface area contributed by atoms with Crippen molar-refractivity contribution < 1.29 is 29.0 Å². The van der Waals surface area contributed by atoms with Crippen LogP contribution in [-0.4, -0.2) is 81.5 Å². The zero-order valence-corrected chi connectivity index (χ0v) is 24.8. The Labute approximate surface area is 261 Å². The number of carbonyl (C=O) groups excluding carboxylic acids is 4. The van der Waals surface area contributed by atoms with E-state index in [0.29, 0.717) is 45.8 Å². The molecule has 0 aliphatic carbocycles. The molecule has 2 atom stereocenters. The van der Waals surface area contributed by atoms with Crippen molar-refractivity contribution in [1.29, 1.82) is 0 Å². The minimum absolute atomic E-state index is 0.108. The Morgan fingerprint density at radius 3 is 1.35 bits per heavy atom. The Morgan fingerprint density at radius 2 is 0.978 bits per heavy atom. The standard InChI is InChI=1S/C32H28N6O8/c1-17(35-29(39)23-7-3-5-19-11-21(37(43)44)13-25(27(19)23)31(35)41)15-33-9-10-34-16-18(2)36-30(40)24-8-4-6-20-12-22(38(45)46)14-26(28(20)24)32(36)42/h3-8,11-14,17-18,33-34H,9-10,15-16H2,1-2H3/t17-,18+. The van der Waals surface area contributed by atoms with Gasteiger partial charge in [-0.25, -0.2) is 0 Å². The maximum Gasteiger partial charge on any atom is 0.270 e. The molecule has 0 saturated carbocycles. The maximum atomic E-state index is 13.4. The van der Waals surface area contributed by atoms with Gasteiger partial charge >= 0.3 is 0 Å². The highest BCUT2D eigenvalue weighted by Crippen LogP contribution is 2.35. The number of nitrogens with zero attached hydrogens (tertiary/aromatic N) is 4. The van der Waals surface area contributed by atoms with E-state index in [1.54, 1.807) is 50.2 Å². The van der Waals surface area contributed by atoms with Gasteiger partial charge in [-0.1, -0.05) is 24.3 Å². The molecule has 14 heteroatoms. The molecule has 4 amide bonds. The molecule has 4 aromatic rings. The molecule has 46 heavy (non-hydrogen) atoms. The fraction of sp³-hybridized carbons (Fsp3) is 0.250. The van der Waals surface area contributed by atoms with Crippen LogP contribution in [0, 0.1) is 20.2 Å². The Bertz CT molecular complexity index is 1870. The number of amides is 4. The highest BCUT2D eigenvalue weighted by atomic mass is 16.6. The van der Waals surface area contributed by atoms with E-state index in [0.717, 1.165) is 9.80 Å². The third-order valence-electron chi connectivity index (χ3n) is 8.38. The summed E-state index contributed by atoms with van der Waals surface area (Å²) in [5, 5.41) is 31.0. The molecular formula is C32H28N6O8. The smallest absolute Gasteiger partial charge is 0.270 e. The summed E-state index contributed by atoms with van der Waals surface area (Å²) in [5.41, 5.74) is 0.363. The van der Waals surface area contributed by atoms with Crippen molar-refractivity contribution in [3.63, 3.8) is 0 Å². The summed E-state index contributed by atoms with van der Waals surface area (Å²) in [5.74, 6) is -2.15. The molecule has 0 spiro atoms. The van der Waals surface area contributed by atoms with Crippen LogP contribution < -0.4 is 10.6 Å². The summed E-state index contributed by atoms with van der Waals surface area (Å²) in [6.45, 7) is 4.74. The van der Waals surface area contributed by atoms with E-state index in [1.165, 1.54) is 24.3 Å². The Balaban J connectivity index is 1.06. The largest absolute Gasteiger partial charge is 0.313 e. The second-order valence-corrected chi connectivity index (χ2v) is 11.4.